The van der Waals surface area contributed by atoms with E-state index in [1.165, 1.54) is 0 Å². The van der Waals surface area contributed by atoms with Crippen molar-refractivity contribution in [1.29, 1.82) is 0 Å². The molecule has 3 rings (SSSR count). The number of rotatable bonds is 4. The van der Waals surface area contributed by atoms with Gasteiger partial charge < -0.3 is 14.5 Å². The lowest BCUT2D eigenvalue weighted by Gasteiger charge is -2.32. The van der Waals surface area contributed by atoms with E-state index in [-0.39, 0.29) is 27.4 Å². The highest BCUT2D eigenvalue weighted by atomic mass is 31.1. The quantitative estimate of drug-likeness (QED) is 0.354. The summed E-state index contributed by atoms with van der Waals surface area (Å²) in [6.07, 6.45) is 4.01. The van der Waals surface area contributed by atoms with Crippen LogP contribution in [0.2, 0.25) is 0 Å². The minimum absolute atomic E-state index is 0.0568. The molecule has 0 saturated heterocycles. The molecule has 1 aliphatic carbocycles. The average Bonchev–Trinajstić information content (AvgIpc) is 2.78. The van der Waals surface area contributed by atoms with E-state index in [4.69, 9.17) is 4.52 Å². The number of aromatic hydroxyl groups is 1. The Morgan fingerprint density at radius 1 is 0.683 bits per heavy atom. The van der Waals surface area contributed by atoms with E-state index in [0.29, 0.717) is 11.5 Å². The van der Waals surface area contributed by atoms with Gasteiger partial charge in [-0.25, -0.2) is 4.57 Å². The van der Waals surface area contributed by atoms with Crippen molar-refractivity contribution in [3.63, 3.8) is 0 Å². The summed E-state index contributed by atoms with van der Waals surface area (Å²) < 4.78 is 16.4. The highest BCUT2D eigenvalue weighted by molar-refractivity contribution is 7.32. The van der Waals surface area contributed by atoms with Gasteiger partial charge in [0.2, 0.25) is 0 Å². The molecule has 2 aromatic carbocycles. The van der Waals surface area contributed by atoms with Crippen molar-refractivity contribution in [3.05, 3.63) is 87.5 Å². The molecule has 0 radical (unpaired) electrons. The fraction of sp³-hybridized carbons (Fsp3) is 0.457. The van der Waals surface area contributed by atoms with Crippen molar-refractivity contribution < 1.29 is 23.9 Å². The second kappa shape index (κ2) is 11.1. The molecule has 5 nitrogen and oxygen atoms in total. The van der Waals surface area contributed by atoms with Gasteiger partial charge in [0.15, 0.2) is 5.78 Å². The van der Waals surface area contributed by atoms with Crippen molar-refractivity contribution in [2.75, 3.05) is 0 Å². The molecular weight excluding hydrogens is 531 g/mol. The van der Waals surface area contributed by atoms with E-state index in [1.807, 2.05) is 24.3 Å². The average molecular weight is 579 g/mol. The van der Waals surface area contributed by atoms with E-state index in [1.54, 1.807) is 12.1 Å². The number of carbonyl (C=O) groups is 1. The van der Waals surface area contributed by atoms with Crippen LogP contribution in [0, 0.1) is 10.8 Å². The molecular formula is C35H47O5P. The minimum atomic E-state index is -3.14. The Kier molecular flexibility index (Phi) is 8.82. The van der Waals surface area contributed by atoms with Gasteiger partial charge in [-0.1, -0.05) is 95.2 Å². The lowest BCUT2D eigenvalue weighted by molar-refractivity contribution is -0.114. The zero-order valence-electron chi connectivity index (χ0n) is 26.7. The molecule has 6 heteroatoms. The zero-order valence-corrected chi connectivity index (χ0v) is 27.7. The van der Waals surface area contributed by atoms with Crippen LogP contribution in [0.25, 0.3) is 5.57 Å². The van der Waals surface area contributed by atoms with E-state index in [0.717, 1.165) is 44.5 Å². The number of phenolic OH excluding ortho intramolecular Hbond substituents is 1. The van der Waals surface area contributed by atoms with Crippen LogP contribution in [0.4, 0.5) is 0 Å². The number of hydrogen-bond donors (Lipinski definition) is 2. The summed E-state index contributed by atoms with van der Waals surface area (Å²) in [4.78, 5) is 23.0. The predicted octanol–water partition coefficient (Wildman–Crippen LogP) is 9.08. The second-order valence-electron chi connectivity index (χ2n) is 15.1. The fourth-order valence-electron chi connectivity index (χ4n) is 5.10. The van der Waals surface area contributed by atoms with Crippen LogP contribution < -0.4 is 4.52 Å². The van der Waals surface area contributed by atoms with Gasteiger partial charge >= 0.3 is 8.25 Å². The lowest BCUT2D eigenvalue weighted by Crippen LogP contribution is -2.28. The Hall–Kier alpha value is -2.88. The maximum absolute atomic E-state index is 13.8. The zero-order chi connectivity index (χ0) is 31.3. The van der Waals surface area contributed by atoms with Crippen LogP contribution >= 0.6 is 8.25 Å². The molecule has 0 bridgehead atoms. The largest absolute Gasteiger partial charge is 0.507 e. The molecule has 0 amide bonds. The van der Waals surface area contributed by atoms with Crippen molar-refractivity contribution in [2.45, 2.75) is 93.9 Å². The molecule has 0 heterocycles. The molecule has 222 valence electrons. The molecule has 0 saturated carbocycles. The van der Waals surface area contributed by atoms with Gasteiger partial charge in [-0.05, 0) is 80.4 Å². The Bertz CT molecular complexity index is 1390. The monoisotopic (exact) mass is 578 g/mol. The van der Waals surface area contributed by atoms with Gasteiger partial charge in [-0.15, -0.1) is 0 Å². The Morgan fingerprint density at radius 3 is 1.44 bits per heavy atom. The first-order valence-corrected chi connectivity index (χ1v) is 15.4. The third kappa shape index (κ3) is 7.31. The van der Waals surface area contributed by atoms with Crippen LogP contribution in [0.5, 0.6) is 11.5 Å². The summed E-state index contributed by atoms with van der Waals surface area (Å²) in [5.41, 5.74) is 5.30. The number of ketones is 1. The minimum Gasteiger partial charge on any atom is -0.507 e. The first-order chi connectivity index (χ1) is 18.5. The lowest BCUT2D eigenvalue weighted by atomic mass is 9.70. The number of hydrogen-bond acceptors (Lipinski definition) is 4. The van der Waals surface area contributed by atoms with Crippen LogP contribution in [0.15, 0.2) is 65.3 Å². The van der Waals surface area contributed by atoms with Crippen molar-refractivity contribution in [1.82, 2.24) is 0 Å². The smallest absolute Gasteiger partial charge is 0.365 e. The molecule has 1 aliphatic rings. The number of carbonyl (C=O) groups excluding carboxylic acids is 1. The van der Waals surface area contributed by atoms with E-state index >= 15 is 0 Å². The number of Topliss-reactive ketones (excluding diaryl/α,β-unsaturated/α-hetero) is 1. The van der Waals surface area contributed by atoms with Crippen molar-refractivity contribution >= 4 is 19.6 Å². The van der Waals surface area contributed by atoms with E-state index < -0.39 is 8.25 Å². The molecule has 41 heavy (non-hydrogen) atoms. The van der Waals surface area contributed by atoms with E-state index in [2.05, 4.69) is 95.2 Å². The highest BCUT2D eigenvalue weighted by Crippen LogP contribution is 2.45. The normalized spacial score (nSPS) is 15.8. The summed E-state index contributed by atoms with van der Waals surface area (Å²) in [5.74, 6) is 0.656. The Balaban J connectivity index is 2.55. The maximum Gasteiger partial charge on any atom is 0.365 e. The highest BCUT2D eigenvalue weighted by Gasteiger charge is 2.35. The molecule has 2 aromatic rings. The van der Waals surface area contributed by atoms with Crippen LogP contribution in [0.1, 0.15) is 105 Å². The van der Waals surface area contributed by atoms with Crippen LogP contribution in [-0.2, 0) is 20.2 Å². The molecule has 0 aliphatic heterocycles. The standard InChI is InChI=1S/C35H47O5P/c1-32(2,3)25-17-22(18-26(30(25)36)33(4,5)6)29(21-13-15-24(16-14-21)40-41(38)39)23-19-27(34(7,8)9)31(37)28(20-23)35(10,11)12/h13-20,36,41H,1-12H3,(H,38,39). The van der Waals surface area contributed by atoms with Gasteiger partial charge in [0, 0.05) is 22.3 Å². The number of phenols is 1. The second-order valence-corrected chi connectivity index (χ2v) is 15.8. The summed E-state index contributed by atoms with van der Waals surface area (Å²) in [6, 6.07) is 11.2. The predicted molar refractivity (Wildman–Crippen MR) is 170 cm³/mol. The van der Waals surface area contributed by atoms with Gasteiger partial charge in [0.1, 0.15) is 11.5 Å². The first-order valence-electron chi connectivity index (χ1n) is 14.1. The fourth-order valence-corrected chi connectivity index (χ4v) is 5.44. The Morgan fingerprint density at radius 2 is 1.10 bits per heavy atom. The van der Waals surface area contributed by atoms with Gasteiger partial charge in [0.05, 0.1) is 0 Å². The molecule has 1 atom stereocenters. The molecule has 2 N–H and O–H groups in total. The number of benzene rings is 2. The third-order valence-corrected chi connectivity index (χ3v) is 7.77. The van der Waals surface area contributed by atoms with Gasteiger partial charge in [-0.2, -0.15) is 0 Å². The SMILES string of the molecule is CC(C)(C)C1=CC(=C(c2ccc(O[PH](=O)O)cc2)c2cc(C(C)(C)C)c(O)c(C(C)(C)C)c2)C=C(C(C)(C)C)C1=O. The topological polar surface area (TPSA) is 83.8 Å². The number of allylic oxidation sites excluding steroid dienone is 5. The van der Waals surface area contributed by atoms with Crippen molar-refractivity contribution in [3.8, 4) is 11.5 Å². The molecule has 0 fully saturated rings. The van der Waals surface area contributed by atoms with E-state index in [9.17, 15) is 19.4 Å². The molecule has 0 aromatic heterocycles. The Labute approximate surface area is 247 Å². The van der Waals surface area contributed by atoms with Crippen LogP contribution in [0.3, 0.4) is 0 Å². The summed E-state index contributed by atoms with van der Waals surface area (Å²) in [7, 11) is -3.14. The molecule has 0 spiro atoms. The van der Waals surface area contributed by atoms with Gasteiger partial charge in [0.25, 0.3) is 0 Å². The van der Waals surface area contributed by atoms with Gasteiger partial charge in [-0.3, -0.25) is 4.79 Å². The first kappa shape index (κ1) is 32.6. The summed E-state index contributed by atoms with van der Waals surface area (Å²) in [6.45, 7) is 24.8. The summed E-state index contributed by atoms with van der Waals surface area (Å²) in [5, 5.41) is 11.4. The summed E-state index contributed by atoms with van der Waals surface area (Å²) >= 11 is 0. The molecule has 1 unspecified atom stereocenters. The van der Waals surface area contributed by atoms with Crippen LogP contribution in [-0.4, -0.2) is 15.8 Å². The maximum atomic E-state index is 13.8. The van der Waals surface area contributed by atoms with Crippen molar-refractivity contribution in [2.24, 2.45) is 10.8 Å². The third-order valence-electron chi connectivity index (χ3n) is 7.36.